The van der Waals surface area contributed by atoms with Gasteiger partial charge in [0, 0.05) is 29.7 Å². The molecule has 0 atom stereocenters. The number of fused-ring (bicyclic) bond motifs is 2. The fourth-order valence-electron chi connectivity index (χ4n) is 4.41. The van der Waals surface area contributed by atoms with E-state index >= 15 is 0 Å². The normalized spacial score (nSPS) is 18.4. The molecule has 184 valence electrons. The standard InChI is InChI=1S/C24H25ClN4O5S/c25-19-13-21-20(33-15-34-21)12-16(19)14-26-29(11-10-23(30)27-17-6-2-1-3-7-17)24-18-8-4-5-9-22(18)35(31,32)28-24/h4-5,8-9,12-14,17H,1-3,6-7,10-11,15H2,(H,27,30)/b26-14-. The Kier molecular flexibility index (Phi) is 6.66. The molecule has 3 aliphatic rings. The van der Waals surface area contributed by atoms with E-state index in [0.717, 1.165) is 25.7 Å². The van der Waals surface area contributed by atoms with Gasteiger partial charge in [0.25, 0.3) is 10.0 Å². The monoisotopic (exact) mass is 516 g/mol. The molecule has 9 nitrogen and oxygen atoms in total. The lowest BCUT2D eigenvalue weighted by Gasteiger charge is -2.24. The minimum absolute atomic E-state index is 0.104. The van der Waals surface area contributed by atoms with Gasteiger partial charge in [-0.3, -0.25) is 4.79 Å². The van der Waals surface area contributed by atoms with Crippen molar-refractivity contribution in [2.45, 2.75) is 49.5 Å². The molecule has 0 radical (unpaired) electrons. The van der Waals surface area contributed by atoms with E-state index < -0.39 is 10.0 Å². The predicted octanol–water partition coefficient (Wildman–Crippen LogP) is 3.69. The number of amides is 1. The van der Waals surface area contributed by atoms with Gasteiger partial charge in [-0.2, -0.15) is 13.5 Å². The van der Waals surface area contributed by atoms with Gasteiger partial charge in [-0.05, 0) is 31.0 Å². The lowest BCUT2D eigenvalue weighted by Crippen LogP contribution is -2.38. The van der Waals surface area contributed by atoms with Crippen LogP contribution in [0.5, 0.6) is 11.5 Å². The van der Waals surface area contributed by atoms with E-state index in [2.05, 4.69) is 14.8 Å². The zero-order chi connectivity index (χ0) is 24.4. The van der Waals surface area contributed by atoms with Crippen molar-refractivity contribution in [3.05, 3.63) is 52.5 Å². The molecule has 2 heterocycles. The molecule has 2 aromatic carbocycles. The summed E-state index contributed by atoms with van der Waals surface area (Å²) in [5.74, 6) is 1.15. The minimum atomic E-state index is -3.85. The van der Waals surface area contributed by atoms with Crippen molar-refractivity contribution in [2.75, 3.05) is 13.3 Å². The second kappa shape index (κ2) is 9.87. The number of halogens is 1. The Morgan fingerprint density at radius 1 is 1.17 bits per heavy atom. The van der Waals surface area contributed by atoms with E-state index in [1.54, 1.807) is 30.3 Å². The van der Waals surface area contributed by atoms with Gasteiger partial charge in [0.05, 0.1) is 17.8 Å². The number of nitrogens with one attached hydrogen (secondary N) is 1. The first-order valence-electron chi connectivity index (χ1n) is 11.5. The van der Waals surface area contributed by atoms with Crippen LogP contribution in [0.3, 0.4) is 0 Å². The van der Waals surface area contributed by atoms with Crippen LogP contribution in [0.2, 0.25) is 5.02 Å². The number of nitrogens with zero attached hydrogens (tertiary/aromatic N) is 3. The van der Waals surface area contributed by atoms with Crippen LogP contribution in [-0.4, -0.2) is 50.8 Å². The minimum Gasteiger partial charge on any atom is -0.454 e. The molecule has 0 saturated heterocycles. The maximum absolute atomic E-state index is 12.7. The van der Waals surface area contributed by atoms with Gasteiger partial charge in [0.2, 0.25) is 12.7 Å². The summed E-state index contributed by atoms with van der Waals surface area (Å²) in [6.07, 6.45) is 7.02. The molecule has 0 spiro atoms. The van der Waals surface area contributed by atoms with E-state index in [4.69, 9.17) is 21.1 Å². The number of hydrazone groups is 1. The number of carbonyl (C=O) groups is 1. The van der Waals surface area contributed by atoms with Crippen LogP contribution < -0.4 is 14.8 Å². The number of ether oxygens (including phenoxy) is 2. The molecule has 0 unspecified atom stereocenters. The first-order chi connectivity index (χ1) is 16.9. The van der Waals surface area contributed by atoms with Crippen LogP contribution in [0.25, 0.3) is 0 Å². The zero-order valence-corrected chi connectivity index (χ0v) is 20.5. The van der Waals surface area contributed by atoms with Crippen LogP contribution in [-0.2, 0) is 14.8 Å². The van der Waals surface area contributed by atoms with E-state index in [1.165, 1.54) is 23.7 Å². The number of carbonyl (C=O) groups excluding carboxylic acids is 1. The van der Waals surface area contributed by atoms with E-state index in [1.807, 2.05) is 0 Å². The highest BCUT2D eigenvalue weighted by atomic mass is 35.5. The largest absolute Gasteiger partial charge is 0.454 e. The maximum atomic E-state index is 12.7. The topological polar surface area (TPSA) is 110 Å². The molecule has 1 N–H and O–H groups in total. The summed E-state index contributed by atoms with van der Waals surface area (Å²) in [6, 6.07) is 10.1. The molecule has 1 saturated carbocycles. The lowest BCUT2D eigenvalue weighted by atomic mass is 9.95. The fourth-order valence-corrected chi connectivity index (χ4v) is 5.82. The molecular weight excluding hydrogens is 492 g/mol. The van der Waals surface area contributed by atoms with Gasteiger partial charge in [0.1, 0.15) is 4.90 Å². The van der Waals surface area contributed by atoms with Crippen molar-refractivity contribution in [1.82, 2.24) is 10.3 Å². The van der Waals surface area contributed by atoms with Crippen LogP contribution in [0.15, 0.2) is 50.8 Å². The third-order valence-electron chi connectivity index (χ3n) is 6.21. The predicted molar refractivity (Wildman–Crippen MR) is 132 cm³/mol. The summed E-state index contributed by atoms with van der Waals surface area (Å²) in [7, 11) is -3.85. The zero-order valence-electron chi connectivity index (χ0n) is 18.9. The Balaban J connectivity index is 1.40. The van der Waals surface area contributed by atoms with Crippen molar-refractivity contribution in [2.24, 2.45) is 9.50 Å². The number of sulfonamides is 1. The molecule has 1 fully saturated rings. The molecule has 35 heavy (non-hydrogen) atoms. The van der Waals surface area contributed by atoms with Gasteiger partial charge in [0.15, 0.2) is 17.3 Å². The number of amidine groups is 1. The van der Waals surface area contributed by atoms with Crippen molar-refractivity contribution >= 4 is 39.6 Å². The van der Waals surface area contributed by atoms with Crippen LogP contribution in [0.1, 0.15) is 49.7 Å². The summed E-state index contributed by atoms with van der Waals surface area (Å²) >= 11 is 6.38. The number of hydrogen-bond donors (Lipinski definition) is 1. The van der Waals surface area contributed by atoms with Crippen LogP contribution in [0.4, 0.5) is 0 Å². The number of hydrogen-bond acceptors (Lipinski definition) is 7. The first kappa shape index (κ1) is 23.6. The number of rotatable bonds is 6. The lowest BCUT2D eigenvalue weighted by molar-refractivity contribution is -0.122. The van der Waals surface area contributed by atoms with Gasteiger partial charge >= 0.3 is 0 Å². The maximum Gasteiger partial charge on any atom is 0.285 e. The SMILES string of the molecule is O=C(CCN(/N=C\c1cc2c(cc1Cl)OCO2)C1=NS(=O)(=O)c2ccccc21)NC1CCCCC1. The Morgan fingerprint density at radius 3 is 2.71 bits per heavy atom. The molecule has 11 heteroatoms. The average Bonchev–Trinajstić information content (AvgIpc) is 3.41. The highest BCUT2D eigenvalue weighted by Gasteiger charge is 2.32. The molecule has 1 aliphatic carbocycles. The molecule has 1 amide bonds. The first-order valence-corrected chi connectivity index (χ1v) is 13.4. The van der Waals surface area contributed by atoms with Crippen LogP contribution >= 0.6 is 11.6 Å². The molecule has 2 aromatic rings. The quantitative estimate of drug-likeness (QED) is 0.463. The summed E-state index contributed by atoms with van der Waals surface area (Å²) in [6.45, 7) is 0.250. The average molecular weight is 517 g/mol. The van der Waals surface area contributed by atoms with E-state index in [-0.39, 0.29) is 42.4 Å². The molecular formula is C24H25ClN4O5S. The fraction of sp³-hybridized carbons (Fsp3) is 0.375. The van der Waals surface area contributed by atoms with E-state index in [9.17, 15) is 13.2 Å². The summed E-state index contributed by atoms with van der Waals surface area (Å²) in [4.78, 5) is 12.8. The van der Waals surface area contributed by atoms with Crippen molar-refractivity contribution < 1.29 is 22.7 Å². The molecule has 0 bridgehead atoms. The van der Waals surface area contributed by atoms with Crippen molar-refractivity contribution in [3.63, 3.8) is 0 Å². The van der Waals surface area contributed by atoms with Gasteiger partial charge in [-0.1, -0.05) is 43.0 Å². The Morgan fingerprint density at radius 2 is 1.91 bits per heavy atom. The molecule has 5 rings (SSSR count). The third kappa shape index (κ3) is 5.13. The Bertz CT molecular complexity index is 1300. The Hall–Kier alpha value is -3.11. The second-order valence-electron chi connectivity index (χ2n) is 8.63. The van der Waals surface area contributed by atoms with Gasteiger partial charge < -0.3 is 14.8 Å². The van der Waals surface area contributed by atoms with Crippen LogP contribution in [0, 0.1) is 0 Å². The van der Waals surface area contributed by atoms with E-state index in [0.29, 0.717) is 27.6 Å². The molecule has 2 aliphatic heterocycles. The highest BCUT2D eigenvalue weighted by molar-refractivity contribution is 7.90. The second-order valence-corrected chi connectivity index (χ2v) is 10.6. The number of benzene rings is 2. The van der Waals surface area contributed by atoms with Crippen molar-refractivity contribution in [1.29, 1.82) is 0 Å². The highest BCUT2D eigenvalue weighted by Crippen LogP contribution is 2.36. The third-order valence-corrected chi connectivity index (χ3v) is 7.86. The summed E-state index contributed by atoms with van der Waals surface area (Å²) in [5.41, 5.74) is 0.997. The summed E-state index contributed by atoms with van der Waals surface area (Å²) < 4.78 is 40.0. The smallest absolute Gasteiger partial charge is 0.285 e. The van der Waals surface area contributed by atoms with Gasteiger partial charge in [-0.15, -0.1) is 4.40 Å². The van der Waals surface area contributed by atoms with Crippen molar-refractivity contribution in [3.8, 4) is 11.5 Å². The Labute approximate surface area is 208 Å². The van der Waals surface area contributed by atoms with Gasteiger partial charge in [-0.25, -0.2) is 5.01 Å². The molecule has 0 aromatic heterocycles. The summed E-state index contributed by atoms with van der Waals surface area (Å²) in [5, 5.41) is 9.41.